The third kappa shape index (κ3) is 4.19. The van der Waals surface area contributed by atoms with Crippen molar-refractivity contribution >= 4 is 11.5 Å². The number of rotatable bonds is 5. The zero-order chi connectivity index (χ0) is 15.2. The van der Waals surface area contributed by atoms with Crippen LogP contribution in [-0.4, -0.2) is 12.3 Å². The van der Waals surface area contributed by atoms with Gasteiger partial charge in [-0.05, 0) is 48.4 Å². The minimum Gasteiger partial charge on any atom is -0.378 e. The van der Waals surface area contributed by atoms with E-state index in [1.807, 2.05) is 24.3 Å². The maximum absolute atomic E-state index is 13.0. The van der Waals surface area contributed by atoms with Crippen molar-refractivity contribution in [1.82, 2.24) is 0 Å². The monoisotopic (exact) mass is 281 g/mol. The van der Waals surface area contributed by atoms with Crippen LogP contribution in [0.2, 0.25) is 0 Å². The fourth-order valence-corrected chi connectivity index (χ4v) is 2.08. The number of hydrogen-bond acceptors (Lipinski definition) is 2. The number of carbonyl (C=O) groups excluding carboxylic acids is 1. The minimum absolute atomic E-state index is 0.0490. The van der Waals surface area contributed by atoms with Crippen LogP contribution in [0.1, 0.15) is 16.7 Å². The van der Waals surface area contributed by atoms with E-state index in [2.05, 4.69) is 11.2 Å². The van der Waals surface area contributed by atoms with E-state index in [0.717, 1.165) is 22.4 Å². The first-order valence-electron chi connectivity index (χ1n) is 6.66. The molecule has 3 heteroatoms. The fraction of sp³-hybridized carbons (Fsp3) is 0.167. The summed E-state index contributed by atoms with van der Waals surface area (Å²) in [5, 5.41) is 3.03. The molecule has 0 saturated carbocycles. The van der Waals surface area contributed by atoms with E-state index < -0.39 is 0 Å². The van der Waals surface area contributed by atoms with Crippen molar-refractivity contribution in [2.45, 2.75) is 13.3 Å². The van der Waals surface area contributed by atoms with Gasteiger partial charge in [0.15, 0.2) is 5.78 Å². The smallest absolute Gasteiger partial charge is 0.156 e. The second kappa shape index (κ2) is 6.71. The van der Waals surface area contributed by atoms with Gasteiger partial charge in [0.1, 0.15) is 5.82 Å². The van der Waals surface area contributed by atoms with Crippen LogP contribution in [0.3, 0.4) is 0 Å². The Hall–Kier alpha value is -2.60. The largest absolute Gasteiger partial charge is 0.378 e. The van der Waals surface area contributed by atoms with Crippen molar-refractivity contribution < 1.29 is 9.18 Å². The third-order valence-corrected chi connectivity index (χ3v) is 3.16. The highest BCUT2D eigenvalue weighted by atomic mass is 19.1. The molecule has 0 amide bonds. The van der Waals surface area contributed by atoms with Crippen LogP contribution in [0.15, 0.2) is 42.5 Å². The first-order chi connectivity index (χ1) is 10.1. The van der Waals surface area contributed by atoms with Crippen molar-refractivity contribution in [2.75, 3.05) is 11.9 Å². The van der Waals surface area contributed by atoms with Crippen LogP contribution >= 0.6 is 0 Å². The summed E-state index contributed by atoms with van der Waals surface area (Å²) >= 11 is 0. The lowest BCUT2D eigenvalue weighted by Gasteiger charge is -2.09. The van der Waals surface area contributed by atoms with Gasteiger partial charge in [0.25, 0.3) is 0 Å². The lowest BCUT2D eigenvalue weighted by molar-refractivity contribution is -0.116. The molecule has 0 bridgehead atoms. The first kappa shape index (κ1) is 14.8. The SMILES string of the molecule is C#Cc1cccc(CC(=O)CNc2ccc(F)cc2C)c1. The van der Waals surface area contributed by atoms with Gasteiger partial charge in [-0.2, -0.15) is 0 Å². The lowest BCUT2D eigenvalue weighted by Crippen LogP contribution is -2.16. The van der Waals surface area contributed by atoms with Crippen molar-refractivity contribution in [1.29, 1.82) is 0 Å². The highest BCUT2D eigenvalue weighted by Crippen LogP contribution is 2.15. The summed E-state index contributed by atoms with van der Waals surface area (Å²) in [5.41, 5.74) is 3.20. The third-order valence-electron chi connectivity index (χ3n) is 3.16. The summed E-state index contributed by atoms with van der Waals surface area (Å²) in [6.07, 6.45) is 5.66. The summed E-state index contributed by atoms with van der Waals surface area (Å²) in [6.45, 7) is 2.00. The quantitative estimate of drug-likeness (QED) is 0.852. The molecule has 2 rings (SSSR count). The molecule has 0 heterocycles. The fourth-order valence-electron chi connectivity index (χ4n) is 2.08. The van der Waals surface area contributed by atoms with Gasteiger partial charge in [-0.1, -0.05) is 18.1 Å². The Balaban J connectivity index is 1.94. The summed E-state index contributed by atoms with van der Waals surface area (Å²) in [7, 11) is 0. The standard InChI is InChI=1S/C18H16FNO/c1-3-14-5-4-6-15(10-14)11-17(21)12-20-18-8-7-16(19)9-13(18)2/h1,4-10,20H,11-12H2,2H3. The maximum atomic E-state index is 13.0. The molecule has 21 heavy (non-hydrogen) atoms. The Morgan fingerprint density at radius 3 is 2.81 bits per heavy atom. The van der Waals surface area contributed by atoms with E-state index in [1.54, 1.807) is 13.0 Å². The van der Waals surface area contributed by atoms with Crippen LogP contribution in [0, 0.1) is 25.1 Å². The molecule has 0 atom stereocenters. The lowest BCUT2D eigenvalue weighted by atomic mass is 10.1. The molecule has 0 aromatic heterocycles. The average Bonchev–Trinajstić information content (AvgIpc) is 2.46. The van der Waals surface area contributed by atoms with Crippen molar-refractivity contribution in [3.8, 4) is 12.3 Å². The predicted molar refractivity (Wildman–Crippen MR) is 82.7 cm³/mol. The summed E-state index contributed by atoms with van der Waals surface area (Å²) in [6, 6.07) is 11.8. The van der Waals surface area contributed by atoms with Gasteiger partial charge in [-0.3, -0.25) is 4.79 Å². The number of Topliss-reactive ketones (excluding diaryl/α,β-unsaturated/α-hetero) is 1. The topological polar surface area (TPSA) is 29.1 Å². The van der Waals surface area contributed by atoms with Gasteiger partial charge in [-0.25, -0.2) is 4.39 Å². The van der Waals surface area contributed by atoms with E-state index in [9.17, 15) is 9.18 Å². The molecule has 0 fully saturated rings. The highest BCUT2D eigenvalue weighted by molar-refractivity contribution is 5.85. The predicted octanol–water partition coefficient (Wildman–Crippen LogP) is 3.34. The Kier molecular flexibility index (Phi) is 4.73. The molecule has 106 valence electrons. The summed E-state index contributed by atoms with van der Waals surface area (Å²) in [4.78, 5) is 12.0. The Morgan fingerprint density at radius 1 is 1.29 bits per heavy atom. The van der Waals surface area contributed by atoms with E-state index in [1.165, 1.54) is 12.1 Å². The number of hydrogen-bond donors (Lipinski definition) is 1. The zero-order valence-corrected chi connectivity index (χ0v) is 11.8. The molecule has 0 aliphatic carbocycles. The van der Waals surface area contributed by atoms with Crippen molar-refractivity contribution in [3.05, 3.63) is 65.0 Å². The number of anilines is 1. The minimum atomic E-state index is -0.282. The van der Waals surface area contributed by atoms with Gasteiger partial charge >= 0.3 is 0 Å². The van der Waals surface area contributed by atoms with Crippen molar-refractivity contribution in [3.63, 3.8) is 0 Å². The molecule has 1 N–H and O–H groups in total. The molecule has 0 spiro atoms. The van der Waals surface area contributed by atoms with E-state index in [-0.39, 0.29) is 18.1 Å². The molecule has 0 aliphatic rings. The molecular formula is C18H16FNO. The Morgan fingerprint density at radius 2 is 2.10 bits per heavy atom. The van der Waals surface area contributed by atoms with E-state index in [0.29, 0.717) is 6.42 Å². The number of carbonyl (C=O) groups is 1. The molecule has 0 unspecified atom stereocenters. The zero-order valence-electron chi connectivity index (χ0n) is 11.8. The van der Waals surface area contributed by atoms with Crippen LogP contribution in [0.4, 0.5) is 10.1 Å². The number of nitrogens with one attached hydrogen (secondary N) is 1. The molecular weight excluding hydrogens is 265 g/mol. The molecule has 0 aliphatic heterocycles. The Bertz CT molecular complexity index is 701. The van der Waals surface area contributed by atoms with Gasteiger partial charge in [-0.15, -0.1) is 6.42 Å². The van der Waals surface area contributed by atoms with Gasteiger partial charge in [0, 0.05) is 17.7 Å². The summed E-state index contributed by atoms with van der Waals surface area (Å²) in [5.74, 6) is 2.32. The second-order valence-electron chi connectivity index (χ2n) is 4.87. The molecule has 0 radical (unpaired) electrons. The molecule has 0 saturated heterocycles. The van der Waals surface area contributed by atoms with Crippen molar-refractivity contribution in [2.24, 2.45) is 0 Å². The van der Waals surface area contributed by atoms with Crippen LogP contribution < -0.4 is 5.32 Å². The molecule has 2 aromatic carbocycles. The number of benzene rings is 2. The van der Waals surface area contributed by atoms with Gasteiger partial charge in [0.05, 0.1) is 6.54 Å². The van der Waals surface area contributed by atoms with Gasteiger partial charge in [0.2, 0.25) is 0 Å². The Labute approximate surface area is 124 Å². The van der Waals surface area contributed by atoms with Crippen LogP contribution in [-0.2, 0) is 11.2 Å². The molecule has 2 nitrogen and oxygen atoms in total. The van der Waals surface area contributed by atoms with E-state index >= 15 is 0 Å². The normalized spacial score (nSPS) is 9.95. The number of ketones is 1. The highest BCUT2D eigenvalue weighted by Gasteiger charge is 2.06. The number of aryl methyl sites for hydroxylation is 1. The first-order valence-corrected chi connectivity index (χ1v) is 6.66. The number of terminal acetylenes is 1. The van der Waals surface area contributed by atoms with E-state index in [4.69, 9.17) is 6.42 Å². The summed E-state index contributed by atoms with van der Waals surface area (Å²) < 4.78 is 13.0. The number of halogens is 1. The van der Waals surface area contributed by atoms with Crippen LogP contribution in [0.5, 0.6) is 0 Å². The van der Waals surface area contributed by atoms with Gasteiger partial charge < -0.3 is 5.32 Å². The van der Waals surface area contributed by atoms with Crippen LogP contribution in [0.25, 0.3) is 0 Å². The maximum Gasteiger partial charge on any atom is 0.156 e. The second-order valence-corrected chi connectivity index (χ2v) is 4.87. The molecule has 2 aromatic rings. The average molecular weight is 281 g/mol.